The van der Waals surface area contributed by atoms with Crippen LogP contribution in [0.15, 0.2) is 18.2 Å². The van der Waals surface area contributed by atoms with Gasteiger partial charge in [0.05, 0.1) is 11.2 Å². The fraction of sp³-hybridized carbons (Fsp3) is 0.533. The summed E-state index contributed by atoms with van der Waals surface area (Å²) in [6.45, 7) is 6.97. The van der Waals surface area contributed by atoms with Gasteiger partial charge in [-0.1, -0.05) is 37.5 Å². The van der Waals surface area contributed by atoms with E-state index in [4.69, 9.17) is 0 Å². The first kappa shape index (κ1) is 16.8. The van der Waals surface area contributed by atoms with Crippen molar-refractivity contribution in [3.63, 3.8) is 0 Å². The van der Waals surface area contributed by atoms with Crippen LogP contribution < -0.4 is 0 Å². The van der Waals surface area contributed by atoms with Crippen LogP contribution in [0.3, 0.4) is 0 Å². The van der Waals surface area contributed by atoms with Crippen molar-refractivity contribution >= 4 is 13.0 Å². The zero-order valence-corrected chi connectivity index (χ0v) is 12.2. The molecule has 0 saturated carbocycles. The zero-order valence-electron chi connectivity index (χ0n) is 12.2. The Bertz CT molecular complexity index is 482. The molecule has 109 valence electrons. The summed E-state index contributed by atoms with van der Waals surface area (Å²) in [7, 11) is 1.52. The average Bonchev–Trinajstić information content (AvgIpc) is 2.33. The van der Waals surface area contributed by atoms with Crippen molar-refractivity contribution < 1.29 is 18.0 Å². The number of carbonyl (C=O) groups excluding carboxylic acids is 1. The van der Waals surface area contributed by atoms with Gasteiger partial charge in [0.2, 0.25) is 7.28 Å². The Morgan fingerprint density at radius 2 is 1.90 bits per heavy atom. The second kappa shape index (κ2) is 6.46. The first-order chi connectivity index (χ1) is 9.15. The lowest BCUT2D eigenvalue weighted by molar-refractivity contribution is -0.137. The van der Waals surface area contributed by atoms with Crippen LogP contribution in [-0.4, -0.2) is 13.0 Å². The predicted octanol–water partition coefficient (Wildman–Crippen LogP) is 4.35. The molecule has 1 rings (SSSR count). The fourth-order valence-corrected chi connectivity index (χ4v) is 2.26. The second-order valence-corrected chi connectivity index (χ2v) is 5.32. The van der Waals surface area contributed by atoms with Crippen molar-refractivity contribution in [3.05, 3.63) is 34.9 Å². The van der Waals surface area contributed by atoms with Gasteiger partial charge in [0.25, 0.3) is 0 Å². The molecular formula is C15H19BF3O. The van der Waals surface area contributed by atoms with E-state index in [2.05, 4.69) is 0 Å². The average molecular weight is 283 g/mol. The molecule has 0 bridgehead atoms. The Hall–Kier alpha value is -1.26. The highest BCUT2D eigenvalue weighted by Gasteiger charge is 2.32. The Labute approximate surface area is 118 Å². The normalized spacial score (nSPS) is 14.8. The number of alkyl halides is 3. The Balaban J connectivity index is 3.26. The number of benzene rings is 1. The topological polar surface area (TPSA) is 17.1 Å². The van der Waals surface area contributed by atoms with Crippen LogP contribution in [-0.2, 0) is 11.0 Å². The number of aryl methyl sites for hydroxylation is 1. The van der Waals surface area contributed by atoms with Crippen molar-refractivity contribution in [3.8, 4) is 0 Å². The van der Waals surface area contributed by atoms with E-state index in [0.717, 1.165) is 18.6 Å². The Morgan fingerprint density at radius 3 is 2.35 bits per heavy atom. The van der Waals surface area contributed by atoms with Gasteiger partial charge >= 0.3 is 6.18 Å². The highest BCUT2D eigenvalue weighted by atomic mass is 19.4. The molecule has 0 aliphatic carbocycles. The van der Waals surface area contributed by atoms with Gasteiger partial charge in [-0.3, -0.25) is 0 Å². The summed E-state index contributed by atoms with van der Waals surface area (Å²) in [4.78, 5) is 11.3. The summed E-state index contributed by atoms with van der Waals surface area (Å²) < 4.78 is 38.6. The molecule has 1 aromatic carbocycles. The van der Waals surface area contributed by atoms with Gasteiger partial charge in [-0.15, -0.1) is 0 Å². The van der Waals surface area contributed by atoms with Crippen LogP contribution >= 0.6 is 0 Å². The van der Waals surface area contributed by atoms with Gasteiger partial charge in [0.1, 0.15) is 0 Å². The van der Waals surface area contributed by atoms with Gasteiger partial charge < -0.3 is 4.79 Å². The second-order valence-electron chi connectivity index (χ2n) is 5.32. The molecule has 2 atom stereocenters. The predicted molar refractivity (Wildman–Crippen MR) is 74.8 cm³/mol. The minimum Gasteiger partial charge on any atom is -0.312 e. The molecule has 0 aliphatic heterocycles. The Kier molecular flexibility index (Phi) is 5.43. The molecule has 1 radical (unpaired) electrons. The smallest absolute Gasteiger partial charge is 0.312 e. The van der Waals surface area contributed by atoms with Gasteiger partial charge in [0.15, 0.2) is 0 Å². The third-order valence-corrected chi connectivity index (χ3v) is 3.48. The summed E-state index contributed by atoms with van der Waals surface area (Å²) >= 11 is 0. The molecule has 1 unspecified atom stereocenters. The molecule has 0 saturated heterocycles. The molecule has 0 N–H and O–H groups in total. The molecule has 0 heterocycles. The van der Waals surface area contributed by atoms with Gasteiger partial charge in [-0.05, 0) is 37.7 Å². The quantitative estimate of drug-likeness (QED) is 0.734. The highest BCUT2D eigenvalue weighted by molar-refractivity contribution is 6.74. The van der Waals surface area contributed by atoms with Crippen LogP contribution in [0.1, 0.15) is 49.7 Å². The van der Waals surface area contributed by atoms with E-state index < -0.39 is 11.7 Å². The van der Waals surface area contributed by atoms with Gasteiger partial charge in [-0.25, -0.2) is 0 Å². The molecule has 1 aromatic rings. The maximum atomic E-state index is 12.9. The van der Waals surface area contributed by atoms with E-state index in [9.17, 15) is 18.0 Å². The monoisotopic (exact) mass is 283 g/mol. The van der Waals surface area contributed by atoms with E-state index in [1.54, 1.807) is 13.0 Å². The standard InChI is InChI=1S/C15H19BF3O/c1-5-10(3)14(16-11(4)20)12-6-9(2)7-13(8-12)15(17,18)19/h6-8,10,14H,5H2,1-4H3/t10-,14?/m1/s1. The number of rotatable bonds is 5. The van der Waals surface area contributed by atoms with Crippen LogP contribution in [0.2, 0.25) is 0 Å². The highest BCUT2D eigenvalue weighted by Crippen LogP contribution is 2.34. The molecular weight excluding hydrogens is 264 g/mol. The lowest BCUT2D eigenvalue weighted by atomic mass is 9.54. The zero-order chi connectivity index (χ0) is 15.5. The summed E-state index contributed by atoms with van der Waals surface area (Å²) in [6.07, 6.45) is -3.57. The van der Waals surface area contributed by atoms with Gasteiger partial charge in [-0.2, -0.15) is 13.2 Å². The molecule has 0 aromatic heterocycles. The molecule has 20 heavy (non-hydrogen) atoms. The maximum absolute atomic E-state index is 12.9. The number of halogens is 3. The third-order valence-electron chi connectivity index (χ3n) is 3.48. The lowest BCUT2D eigenvalue weighted by Gasteiger charge is -2.23. The maximum Gasteiger partial charge on any atom is 0.416 e. The number of hydrogen-bond donors (Lipinski definition) is 0. The summed E-state index contributed by atoms with van der Waals surface area (Å²) in [6, 6.07) is 4.01. The summed E-state index contributed by atoms with van der Waals surface area (Å²) in [5.74, 6) is -0.166. The minimum absolute atomic E-state index is 0.113. The third kappa shape index (κ3) is 4.39. The fourth-order valence-electron chi connectivity index (χ4n) is 2.26. The number of carbonyl (C=O) groups is 1. The Morgan fingerprint density at radius 1 is 1.30 bits per heavy atom. The van der Waals surface area contributed by atoms with Crippen molar-refractivity contribution in [2.45, 2.75) is 46.1 Å². The SMILES string of the molecule is CC[C@@H](C)C([B]C(C)=O)c1cc(C)cc(C(F)(F)F)c1. The van der Waals surface area contributed by atoms with Crippen LogP contribution in [0.5, 0.6) is 0 Å². The number of hydrogen-bond acceptors (Lipinski definition) is 1. The van der Waals surface area contributed by atoms with Crippen molar-refractivity contribution in [2.75, 3.05) is 0 Å². The van der Waals surface area contributed by atoms with Crippen LogP contribution in [0.25, 0.3) is 0 Å². The summed E-state index contributed by atoms with van der Waals surface area (Å²) in [5, 5.41) is 0. The van der Waals surface area contributed by atoms with E-state index in [1.165, 1.54) is 14.2 Å². The molecule has 0 amide bonds. The van der Waals surface area contributed by atoms with Crippen molar-refractivity contribution in [1.29, 1.82) is 0 Å². The van der Waals surface area contributed by atoms with Crippen molar-refractivity contribution in [2.24, 2.45) is 5.92 Å². The first-order valence-electron chi connectivity index (χ1n) is 6.69. The molecule has 0 aliphatic rings. The van der Waals surface area contributed by atoms with Crippen molar-refractivity contribution in [1.82, 2.24) is 0 Å². The molecule has 1 nitrogen and oxygen atoms in total. The summed E-state index contributed by atoms with van der Waals surface area (Å²) in [5.41, 5.74) is 0.338. The minimum atomic E-state index is -4.36. The first-order valence-corrected chi connectivity index (χ1v) is 6.69. The van der Waals surface area contributed by atoms with Crippen LogP contribution in [0.4, 0.5) is 13.2 Å². The van der Waals surface area contributed by atoms with E-state index in [-0.39, 0.29) is 17.4 Å². The molecule has 0 fully saturated rings. The largest absolute Gasteiger partial charge is 0.416 e. The van der Waals surface area contributed by atoms with E-state index in [0.29, 0.717) is 11.1 Å². The van der Waals surface area contributed by atoms with E-state index in [1.807, 2.05) is 13.8 Å². The van der Waals surface area contributed by atoms with E-state index >= 15 is 0 Å². The van der Waals surface area contributed by atoms with Gasteiger partial charge in [0, 0.05) is 0 Å². The van der Waals surface area contributed by atoms with Crippen LogP contribution in [0, 0.1) is 12.8 Å². The molecule has 0 spiro atoms. The lowest BCUT2D eigenvalue weighted by Crippen LogP contribution is -2.22. The molecule has 5 heteroatoms.